The van der Waals surface area contributed by atoms with Gasteiger partial charge in [-0.2, -0.15) is 15.1 Å². The van der Waals surface area contributed by atoms with Crippen molar-refractivity contribution in [1.82, 2.24) is 0 Å². The number of hydrogen-bond acceptors (Lipinski definition) is 4. The van der Waals surface area contributed by atoms with Crippen molar-refractivity contribution in [2.24, 2.45) is 10.2 Å². The Labute approximate surface area is 59.5 Å². The van der Waals surface area contributed by atoms with Crippen molar-refractivity contribution in [1.29, 1.82) is 0 Å². The third-order valence-corrected chi connectivity index (χ3v) is 1.07. The summed E-state index contributed by atoms with van der Waals surface area (Å²) < 4.78 is 0. The first kappa shape index (κ1) is 7.21. The van der Waals surface area contributed by atoms with E-state index in [0.717, 1.165) is 19.4 Å². The lowest BCUT2D eigenvalue weighted by Crippen LogP contribution is -1.94. The quantitative estimate of drug-likeness (QED) is 0.482. The monoisotopic (exact) mass is 142 g/mol. The molecule has 1 rings (SSSR count). The summed E-state index contributed by atoms with van der Waals surface area (Å²) in [6.07, 6.45) is 4.80. The van der Waals surface area contributed by atoms with Gasteiger partial charge in [0.2, 0.25) is 0 Å². The van der Waals surface area contributed by atoms with Gasteiger partial charge in [0.15, 0.2) is 0 Å². The topological polar surface area (TPSA) is 43.2 Å². The molecule has 0 fully saturated rings. The average Bonchev–Trinajstić information content (AvgIpc) is 2.01. The molecule has 0 amide bonds. The van der Waals surface area contributed by atoms with Gasteiger partial charge in [0.25, 0.3) is 0 Å². The van der Waals surface area contributed by atoms with Crippen LogP contribution in [-0.2, 0) is 9.78 Å². The Kier molecular flexibility index (Phi) is 3.56. The third kappa shape index (κ3) is 3.19. The van der Waals surface area contributed by atoms with E-state index in [1.807, 2.05) is 0 Å². The SMILES string of the molecule is C1=COOCCCCN=N1. The van der Waals surface area contributed by atoms with Gasteiger partial charge in [0.05, 0.1) is 19.4 Å². The van der Waals surface area contributed by atoms with Crippen molar-refractivity contribution in [3.8, 4) is 0 Å². The van der Waals surface area contributed by atoms with Crippen molar-refractivity contribution in [2.75, 3.05) is 13.2 Å². The van der Waals surface area contributed by atoms with Crippen LogP contribution in [-0.4, -0.2) is 13.2 Å². The molecule has 56 valence electrons. The molecule has 0 spiro atoms. The standard InChI is InChI=1S/C6H10N2O2/c1-2-5-9-10-6-4-8-7-3-1/h4,6H,1-3,5H2. The van der Waals surface area contributed by atoms with Gasteiger partial charge in [-0.25, -0.2) is 0 Å². The summed E-state index contributed by atoms with van der Waals surface area (Å²) in [5, 5.41) is 7.51. The maximum absolute atomic E-state index is 4.72. The normalized spacial score (nSPS) is 20.0. The van der Waals surface area contributed by atoms with E-state index in [0.29, 0.717) is 6.61 Å². The Morgan fingerprint density at radius 3 is 3.30 bits per heavy atom. The second-order valence-corrected chi connectivity index (χ2v) is 1.89. The first-order chi connectivity index (χ1) is 5.00. The molecule has 4 nitrogen and oxygen atoms in total. The van der Waals surface area contributed by atoms with Crippen LogP contribution in [0.25, 0.3) is 0 Å². The van der Waals surface area contributed by atoms with E-state index >= 15 is 0 Å². The summed E-state index contributed by atoms with van der Waals surface area (Å²) >= 11 is 0. The van der Waals surface area contributed by atoms with Crippen LogP contribution in [0.4, 0.5) is 0 Å². The van der Waals surface area contributed by atoms with Crippen LogP contribution in [0.1, 0.15) is 12.8 Å². The molecule has 4 heteroatoms. The van der Waals surface area contributed by atoms with Gasteiger partial charge in [0.1, 0.15) is 6.26 Å². The summed E-state index contributed by atoms with van der Waals surface area (Å²) in [5.41, 5.74) is 0. The molecular formula is C6H10N2O2. The van der Waals surface area contributed by atoms with E-state index in [2.05, 4.69) is 15.1 Å². The second kappa shape index (κ2) is 4.93. The van der Waals surface area contributed by atoms with Crippen molar-refractivity contribution in [3.63, 3.8) is 0 Å². The first-order valence-corrected chi connectivity index (χ1v) is 3.30. The number of hydrogen-bond donors (Lipinski definition) is 0. The lowest BCUT2D eigenvalue weighted by molar-refractivity contribution is -0.249. The Bertz CT molecular complexity index is 118. The predicted molar refractivity (Wildman–Crippen MR) is 35.1 cm³/mol. The van der Waals surface area contributed by atoms with E-state index in [9.17, 15) is 0 Å². The zero-order chi connectivity index (χ0) is 7.07. The van der Waals surface area contributed by atoms with E-state index in [4.69, 9.17) is 4.89 Å². The highest BCUT2D eigenvalue weighted by Crippen LogP contribution is 1.95. The Morgan fingerprint density at radius 2 is 2.30 bits per heavy atom. The number of nitrogens with zero attached hydrogens (tertiary/aromatic N) is 2. The van der Waals surface area contributed by atoms with Crippen molar-refractivity contribution < 1.29 is 9.78 Å². The minimum Gasteiger partial charge on any atom is -0.344 e. The lowest BCUT2D eigenvalue weighted by atomic mass is 10.3. The van der Waals surface area contributed by atoms with Crippen LogP contribution in [0.5, 0.6) is 0 Å². The first-order valence-electron chi connectivity index (χ1n) is 3.30. The largest absolute Gasteiger partial charge is 0.344 e. The van der Waals surface area contributed by atoms with Crippen LogP contribution in [0.15, 0.2) is 22.7 Å². The fraction of sp³-hybridized carbons (Fsp3) is 0.667. The molecule has 0 bridgehead atoms. The highest BCUT2D eigenvalue weighted by molar-refractivity contribution is 4.66. The molecule has 0 saturated carbocycles. The van der Waals surface area contributed by atoms with Gasteiger partial charge in [-0.3, -0.25) is 0 Å². The van der Waals surface area contributed by atoms with Gasteiger partial charge in [-0.1, -0.05) is 0 Å². The van der Waals surface area contributed by atoms with Crippen molar-refractivity contribution in [3.05, 3.63) is 12.5 Å². The van der Waals surface area contributed by atoms with Gasteiger partial charge >= 0.3 is 0 Å². The molecule has 0 aromatic carbocycles. The molecule has 1 aliphatic heterocycles. The van der Waals surface area contributed by atoms with Gasteiger partial charge in [-0.15, -0.1) is 0 Å². The molecule has 10 heavy (non-hydrogen) atoms. The summed E-state index contributed by atoms with van der Waals surface area (Å²) in [7, 11) is 0. The smallest absolute Gasteiger partial charge is 0.149 e. The van der Waals surface area contributed by atoms with Gasteiger partial charge < -0.3 is 4.89 Å². The van der Waals surface area contributed by atoms with Crippen LogP contribution in [0.3, 0.4) is 0 Å². The zero-order valence-electron chi connectivity index (χ0n) is 5.69. The molecule has 0 aromatic heterocycles. The second-order valence-electron chi connectivity index (χ2n) is 1.89. The minimum atomic E-state index is 0.625. The summed E-state index contributed by atoms with van der Waals surface area (Å²) in [6.45, 7) is 1.40. The molecule has 0 N–H and O–H groups in total. The molecule has 0 aromatic rings. The third-order valence-electron chi connectivity index (χ3n) is 1.07. The maximum Gasteiger partial charge on any atom is 0.149 e. The molecule has 1 heterocycles. The van der Waals surface area contributed by atoms with E-state index < -0.39 is 0 Å². The fourth-order valence-electron chi connectivity index (χ4n) is 0.588. The highest BCUT2D eigenvalue weighted by Gasteiger charge is 1.89. The number of azo groups is 1. The highest BCUT2D eigenvalue weighted by atomic mass is 17.2. The molecule has 0 unspecified atom stereocenters. The Hall–Kier alpha value is -0.900. The Morgan fingerprint density at radius 1 is 1.30 bits per heavy atom. The molecule has 0 aliphatic carbocycles. The summed E-state index contributed by atoms with van der Waals surface area (Å²) in [4.78, 5) is 9.30. The van der Waals surface area contributed by atoms with Gasteiger partial charge in [-0.05, 0) is 12.8 Å². The summed E-state index contributed by atoms with van der Waals surface area (Å²) in [6, 6.07) is 0. The fourth-order valence-corrected chi connectivity index (χ4v) is 0.588. The van der Waals surface area contributed by atoms with Gasteiger partial charge in [0, 0.05) is 0 Å². The van der Waals surface area contributed by atoms with E-state index in [1.165, 1.54) is 12.5 Å². The summed E-state index contributed by atoms with van der Waals surface area (Å²) in [5.74, 6) is 0. The average molecular weight is 142 g/mol. The molecule has 0 radical (unpaired) electrons. The van der Waals surface area contributed by atoms with E-state index in [-0.39, 0.29) is 0 Å². The molecule has 0 saturated heterocycles. The predicted octanol–water partition coefficient (Wildman–Crippen LogP) is 1.65. The maximum atomic E-state index is 4.72. The van der Waals surface area contributed by atoms with Crippen molar-refractivity contribution in [2.45, 2.75) is 12.8 Å². The molecule has 0 atom stereocenters. The van der Waals surface area contributed by atoms with Crippen LogP contribution >= 0.6 is 0 Å². The van der Waals surface area contributed by atoms with Crippen LogP contribution in [0.2, 0.25) is 0 Å². The zero-order valence-corrected chi connectivity index (χ0v) is 5.69. The van der Waals surface area contributed by atoms with Crippen LogP contribution < -0.4 is 0 Å². The number of rotatable bonds is 0. The molecular weight excluding hydrogens is 132 g/mol. The van der Waals surface area contributed by atoms with Crippen LogP contribution in [0, 0.1) is 0 Å². The Balaban J connectivity index is 2.26. The van der Waals surface area contributed by atoms with E-state index in [1.54, 1.807) is 0 Å². The molecule has 1 aliphatic rings. The lowest BCUT2D eigenvalue weighted by Gasteiger charge is -1.99. The minimum absolute atomic E-state index is 0.625. The van der Waals surface area contributed by atoms with Crippen molar-refractivity contribution >= 4 is 0 Å².